The average molecular weight is 261 g/mol. The molecule has 0 bridgehead atoms. The van der Waals surface area contributed by atoms with Crippen LogP contribution in [0.25, 0.3) is 0 Å². The van der Waals surface area contributed by atoms with E-state index in [0.717, 1.165) is 0 Å². The number of rotatable bonds is 4. The summed E-state index contributed by atoms with van der Waals surface area (Å²) in [4.78, 5) is 12.4. The van der Waals surface area contributed by atoms with Gasteiger partial charge in [0.1, 0.15) is 4.90 Å². The third-order valence-electron chi connectivity index (χ3n) is 2.02. The van der Waals surface area contributed by atoms with E-state index in [-0.39, 0.29) is 23.2 Å². The summed E-state index contributed by atoms with van der Waals surface area (Å²) < 4.78 is 27.0. The molecule has 0 radical (unpaired) electrons. The number of sulfonamides is 1. The molecule has 0 aliphatic heterocycles. The molecule has 0 aromatic carbocycles. The van der Waals surface area contributed by atoms with Crippen LogP contribution in [0.5, 0.6) is 0 Å². The number of nitrogens with one attached hydrogen (secondary N) is 1. The van der Waals surface area contributed by atoms with Gasteiger partial charge in [-0.05, 0) is 0 Å². The zero-order chi connectivity index (χ0) is 13.2. The van der Waals surface area contributed by atoms with Gasteiger partial charge in [0.25, 0.3) is 0 Å². The van der Waals surface area contributed by atoms with Gasteiger partial charge < -0.3 is 10.6 Å². The Morgan fingerprint density at radius 1 is 1.59 bits per heavy atom. The Bertz CT molecular complexity index is 519. The molecule has 0 atom stereocenters. The summed E-state index contributed by atoms with van der Waals surface area (Å²) in [5.41, 5.74) is 5.45. The molecule has 0 aliphatic rings. The predicted molar refractivity (Wildman–Crippen MR) is 61.5 cm³/mol. The van der Waals surface area contributed by atoms with Crippen LogP contribution < -0.4 is 10.5 Å². The van der Waals surface area contributed by atoms with Crippen LogP contribution in [0, 0.1) is 0 Å². The lowest BCUT2D eigenvalue weighted by molar-refractivity contribution is -0.127. The number of carbonyl (C=O) groups excluding carboxylic acids is 1. The molecule has 1 aromatic rings. The minimum atomic E-state index is -3.80. The van der Waals surface area contributed by atoms with Gasteiger partial charge in [0, 0.05) is 27.3 Å². The van der Waals surface area contributed by atoms with E-state index < -0.39 is 10.0 Å². The molecule has 0 spiro atoms. The van der Waals surface area contributed by atoms with Crippen molar-refractivity contribution < 1.29 is 13.2 Å². The number of nitrogens with two attached hydrogens (primary N) is 1. The van der Waals surface area contributed by atoms with Gasteiger partial charge in [0.2, 0.25) is 15.9 Å². The number of anilines is 1. The Morgan fingerprint density at radius 2 is 2.18 bits per heavy atom. The van der Waals surface area contributed by atoms with Gasteiger partial charge in [-0.15, -0.1) is 0 Å². The Morgan fingerprint density at radius 3 is 2.59 bits per heavy atom. The second kappa shape index (κ2) is 4.72. The SMILES string of the molecule is CN(C)C(=O)CNS(=O)(=O)c1cn(C)nc1N. The van der Waals surface area contributed by atoms with E-state index in [0.29, 0.717) is 0 Å². The molecule has 9 heteroatoms. The number of hydrogen-bond donors (Lipinski definition) is 2. The smallest absolute Gasteiger partial charge is 0.246 e. The number of carbonyl (C=O) groups is 1. The summed E-state index contributed by atoms with van der Waals surface area (Å²) in [6.07, 6.45) is 1.28. The van der Waals surface area contributed by atoms with E-state index >= 15 is 0 Å². The highest BCUT2D eigenvalue weighted by Crippen LogP contribution is 2.14. The Hall–Kier alpha value is -1.61. The molecule has 8 nitrogen and oxygen atoms in total. The van der Waals surface area contributed by atoms with Crippen molar-refractivity contribution in [1.29, 1.82) is 0 Å². The van der Waals surface area contributed by atoms with E-state index in [1.807, 2.05) is 0 Å². The highest BCUT2D eigenvalue weighted by atomic mass is 32.2. The summed E-state index contributed by atoms with van der Waals surface area (Å²) in [5, 5.41) is 3.72. The third-order valence-corrected chi connectivity index (χ3v) is 3.44. The molecule has 0 unspecified atom stereocenters. The van der Waals surface area contributed by atoms with Crippen molar-refractivity contribution in [3.8, 4) is 0 Å². The molecule has 1 rings (SSSR count). The molecule has 1 aromatic heterocycles. The van der Waals surface area contributed by atoms with E-state index in [4.69, 9.17) is 5.73 Å². The fraction of sp³-hybridized carbons (Fsp3) is 0.500. The number of hydrogen-bond acceptors (Lipinski definition) is 5. The number of aromatic nitrogens is 2. The van der Waals surface area contributed by atoms with Gasteiger partial charge in [-0.1, -0.05) is 0 Å². The minimum absolute atomic E-state index is 0.0997. The first-order valence-corrected chi connectivity index (χ1v) is 6.21. The van der Waals surface area contributed by atoms with Crippen molar-refractivity contribution in [2.45, 2.75) is 4.90 Å². The van der Waals surface area contributed by atoms with Crippen LogP contribution in [0.15, 0.2) is 11.1 Å². The number of nitrogens with zero attached hydrogens (tertiary/aromatic N) is 3. The van der Waals surface area contributed by atoms with Gasteiger partial charge in [-0.25, -0.2) is 13.1 Å². The van der Waals surface area contributed by atoms with Gasteiger partial charge in [-0.3, -0.25) is 9.48 Å². The molecular weight excluding hydrogens is 246 g/mol. The third kappa shape index (κ3) is 3.17. The van der Waals surface area contributed by atoms with E-state index in [2.05, 4.69) is 9.82 Å². The molecule has 0 aliphatic carbocycles. The maximum atomic E-state index is 11.8. The molecule has 96 valence electrons. The van der Waals surface area contributed by atoms with E-state index in [1.165, 1.54) is 29.9 Å². The summed E-state index contributed by atoms with van der Waals surface area (Å²) >= 11 is 0. The number of nitrogen functional groups attached to an aromatic ring is 1. The second-order valence-corrected chi connectivity index (χ2v) is 5.40. The van der Waals surface area contributed by atoms with Crippen LogP contribution in [0.3, 0.4) is 0 Å². The number of aryl methyl sites for hydroxylation is 1. The molecule has 3 N–H and O–H groups in total. The number of likely N-dealkylation sites (N-methyl/N-ethyl adjacent to an activating group) is 1. The molecule has 1 heterocycles. The first-order valence-electron chi connectivity index (χ1n) is 4.73. The summed E-state index contributed by atoms with van der Waals surface area (Å²) in [5.74, 6) is -0.451. The minimum Gasteiger partial charge on any atom is -0.381 e. The molecule has 0 fully saturated rings. The van der Waals surface area contributed by atoms with Crippen LogP contribution in [-0.4, -0.2) is 49.6 Å². The van der Waals surface area contributed by atoms with Gasteiger partial charge in [-0.2, -0.15) is 5.10 Å². The number of amides is 1. The van der Waals surface area contributed by atoms with Crippen molar-refractivity contribution in [1.82, 2.24) is 19.4 Å². The highest BCUT2D eigenvalue weighted by molar-refractivity contribution is 7.89. The normalized spacial score (nSPS) is 11.5. The summed E-state index contributed by atoms with van der Waals surface area (Å²) in [6, 6.07) is 0. The quantitative estimate of drug-likeness (QED) is 0.676. The lowest BCUT2D eigenvalue weighted by Crippen LogP contribution is -2.36. The average Bonchev–Trinajstić information content (AvgIpc) is 2.55. The van der Waals surface area contributed by atoms with Crippen molar-refractivity contribution in [2.24, 2.45) is 7.05 Å². The van der Waals surface area contributed by atoms with Gasteiger partial charge in [0.05, 0.1) is 6.54 Å². The Kier molecular flexibility index (Phi) is 3.73. The van der Waals surface area contributed by atoms with E-state index in [1.54, 1.807) is 7.05 Å². The fourth-order valence-corrected chi connectivity index (χ4v) is 2.16. The Balaban J connectivity index is 2.83. The van der Waals surface area contributed by atoms with Crippen molar-refractivity contribution >= 4 is 21.7 Å². The van der Waals surface area contributed by atoms with Crippen LogP contribution in [0.2, 0.25) is 0 Å². The highest BCUT2D eigenvalue weighted by Gasteiger charge is 2.21. The lowest BCUT2D eigenvalue weighted by Gasteiger charge is -2.10. The van der Waals surface area contributed by atoms with Crippen molar-refractivity contribution in [2.75, 3.05) is 26.4 Å². The molecule has 17 heavy (non-hydrogen) atoms. The molecular formula is C8H15N5O3S. The van der Waals surface area contributed by atoms with Crippen LogP contribution in [0.4, 0.5) is 5.82 Å². The Labute approximate surface area is 99.4 Å². The fourth-order valence-electron chi connectivity index (χ4n) is 1.08. The van der Waals surface area contributed by atoms with E-state index in [9.17, 15) is 13.2 Å². The molecule has 0 saturated heterocycles. The summed E-state index contributed by atoms with van der Waals surface area (Å²) in [7, 11) is 0.825. The van der Waals surface area contributed by atoms with Crippen molar-refractivity contribution in [3.63, 3.8) is 0 Å². The molecule has 0 saturated carbocycles. The maximum absolute atomic E-state index is 11.8. The first kappa shape index (κ1) is 13.5. The maximum Gasteiger partial charge on any atom is 0.246 e. The van der Waals surface area contributed by atoms with Gasteiger partial charge in [0.15, 0.2) is 5.82 Å². The first-order chi connectivity index (χ1) is 7.74. The monoisotopic (exact) mass is 261 g/mol. The van der Waals surface area contributed by atoms with Crippen LogP contribution in [0.1, 0.15) is 0 Å². The zero-order valence-corrected chi connectivity index (χ0v) is 10.7. The zero-order valence-electron chi connectivity index (χ0n) is 9.84. The van der Waals surface area contributed by atoms with Gasteiger partial charge >= 0.3 is 0 Å². The van der Waals surface area contributed by atoms with Crippen molar-refractivity contribution in [3.05, 3.63) is 6.20 Å². The largest absolute Gasteiger partial charge is 0.381 e. The predicted octanol–water partition coefficient (Wildman–Crippen LogP) is -1.63. The van der Waals surface area contributed by atoms with Crippen LogP contribution in [-0.2, 0) is 21.9 Å². The lowest BCUT2D eigenvalue weighted by atomic mass is 10.6. The summed E-state index contributed by atoms with van der Waals surface area (Å²) in [6.45, 7) is -0.316. The molecule has 1 amide bonds. The van der Waals surface area contributed by atoms with Crippen LogP contribution >= 0.6 is 0 Å². The second-order valence-electron chi connectivity index (χ2n) is 3.66. The standard InChI is InChI=1S/C8H15N5O3S/c1-12(2)7(14)4-10-17(15,16)6-5-13(3)11-8(6)9/h5,10H,4H2,1-3H3,(H2,9,11). The topological polar surface area (TPSA) is 110 Å².